The maximum atomic E-state index is 4.38. The van der Waals surface area contributed by atoms with Crippen molar-refractivity contribution in [3.8, 4) is 5.82 Å². The van der Waals surface area contributed by atoms with E-state index in [-0.39, 0.29) is 0 Å². The molecule has 6 heteroatoms. The molecule has 0 aliphatic rings. The van der Waals surface area contributed by atoms with Gasteiger partial charge < -0.3 is 0 Å². The molecule has 6 nitrogen and oxygen atoms in total. The Labute approximate surface area is 108 Å². The summed E-state index contributed by atoms with van der Waals surface area (Å²) in [6.45, 7) is 0. The topological polar surface area (TPSA) is 61.4 Å². The largest absolute Gasteiger partial charge is 0.282 e. The summed E-state index contributed by atoms with van der Waals surface area (Å²) in [7, 11) is 1.87. The smallest absolute Gasteiger partial charge is 0.163 e. The van der Waals surface area contributed by atoms with Gasteiger partial charge in [0.2, 0.25) is 0 Å². The Hall–Kier alpha value is -2.76. The molecule has 3 heterocycles. The maximum Gasteiger partial charge on any atom is 0.163 e. The van der Waals surface area contributed by atoms with Gasteiger partial charge in [0, 0.05) is 7.05 Å². The quantitative estimate of drug-likeness (QED) is 0.516. The van der Waals surface area contributed by atoms with Crippen molar-refractivity contribution in [3.05, 3.63) is 43.1 Å². The van der Waals surface area contributed by atoms with Crippen molar-refractivity contribution in [2.24, 2.45) is 7.05 Å². The zero-order valence-corrected chi connectivity index (χ0v) is 10.2. The lowest BCUT2D eigenvalue weighted by Crippen LogP contribution is -1.99. The minimum atomic E-state index is 0.798. The summed E-state index contributed by atoms with van der Waals surface area (Å²) >= 11 is 0. The fourth-order valence-corrected chi connectivity index (χ4v) is 2.27. The molecule has 0 radical (unpaired) electrons. The van der Waals surface area contributed by atoms with Crippen molar-refractivity contribution in [1.29, 1.82) is 0 Å². The zero-order chi connectivity index (χ0) is 12.8. The summed E-state index contributed by atoms with van der Waals surface area (Å²) in [5.74, 6) is 0.798. The minimum absolute atomic E-state index is 0.798. The van der Waals surface area contributed by atoms with Gasteiger partial charge in [-0.05, 0) is 12.1 Å². The molecule has 0 aliphatic heterocycles. The van der Waals surface area contributed by atoms with Crippen LogP contribution < -0.4 is 0 Å². The van der Waals surface area contributed by atoms with E-state index in [2.05, 4.69) is 20.1 Å². The lowest BCUT2D eigenvalue weighted by atomic mass is 10.3. The van der Waals surface area contributed by atoms with Gasteiger partial charge in [0.25, 0.3) is 0 Å². The normalized spacial score (nSPS) is 11.4. The summed E-state index contributed by atoms with van der Waals surface area (Å²) in [5.41, 5.74) is 2.77. The van der Waals surface area contributed by atoms with Crippen molar-refractivity contribution >= 4 is 22.1 Å². The third kappa shape index (κ3) is 1.36. The molecule has 0 atom stereocenters. The van der Waals surface area contributed by atoms with Gasteiger partial charge in [0.05, 0.1) is 22.6 Å². The molecule has 0 fully saturated rings. The van der Waals surface area contributed by atoms with Crippen molar-refractivity contribution in [2.45, 2.75) is 0 Å². The Balaban J connectivity index is 2.09. The lowest BCUT2D eigenvalue weighted by molar-refractivity contribution is 0.785. The molecule has 0 N–H and O–H groups in total. The molecule has 0 saturated carbocycles. The molecule has 0 bridgehead atoms. The van der Waals surface area contributed by atoms with Crippen LogP contribution in [0.25, 0.3) is 27.9 Å². The van der Waals surface area contributed by atoms with Gasteiger partial charge in [-0.15, -0.1) is 0 Å². The van der Waals surface area contributed by atoms with Crippen molar-refractivity contribution in [3.63, 3.8) is 0 Å². The van der Waals surface area contributed by atoms with Gasteiger partial charge in [0.1, 0.15) is 12.7 Å². The second-order valence-electron chi connectivity index (χ2n) is 4.31. The Kier molecular flexibility index (Phi) is 1.94. The molecule has 0 spiro atoms. The molecule has 4 aromatic rings. The van der Waals surface area contributed by atoms with Gasteiger partial charge in [0.15, 0.2) is 11.5 Å². The predicted molar refractivity (Wildman–Crippen MR) is 70.9 cm³/mol. The number of hydrogen-bond donors (Lipinski definition) is 0. The number of rotatable bonds is 1. The Bertz CT molecular complexity index is 888. The predicted octanol–water partition coefficient (Wildman–Crippen LogP) is 1.70. The fourth-order valence-electron chi connectivity index (χ4n) is 2.27. The SMILES string of the molecule is Cn1ncc2c(-n3cnc4ccccc43)ncnc21. The maximum absolute atomic E-state index is 4.38. The molecular formula is C13H10N6. The average Bonchev–Trinajstić information content (AvgIpc) is 3.03. The van der Waals surface area contributed by atoms with Crippen molar-refractivity contribution in [2.75, 3.05) is 0 Å². The minimum Gasteiger partial charge on any atom is -0.282 e. The lowest BCUT2D eigenvalue weighted by Gasteiger charge is -2.03. The van der Waals surface area contributed by atoms with E-state index in [4.69, 9.17) is 0 Å². The first-order valence-corrected chi connectivity index (χ1v) is 5.90. The molecule has 0 unspecified atom stereocenters. The highest BCUT2D eigenvalue weighted by molar-refractivity contribution is 5.85. The van der Waals surface area contributed by atoms with Crippen molar-refractivity contribution in [1.82, 2.24) is 29.3 Å². The van der Waals surface area contributed by atoms with E-state index in [0.717, 1.165) is 27.9 Å². The van der Waals surface area contributed by atoms with E-state index >= 15 is 0 Å². The number of hydrogen-bond acceptors (Lipinski definition) is 4. The Morgan fingerprint density at radius 3 is 2.89 bits per heavy atom. The molecule has 92 valence electrons. The first-order valence-electron chi connectivity index (χ1n) is 5.90. The van der Waals surface area contributed by atoms with Crippen LogP contribution in [0.15, 0.2) is 43.1 Å². The van der Waals surface area contributed by atoms with Crippen LogP contribution >= 0.6 is 0 Å². The fraction of sp³-hybridized carbons (Fsp3) is 0.0769. The standard InChI is InChI=1S/C13H10N6/c1-18-12-9(6-17-18)13(15-7-14-12)19-8-16-10-4-2-3-5-11(10)19/h2-8H,1H3. The van der Waals surface area contributed by atoms with Crippen molar-refractivity contribution < 1.29 is 0 Å². The molecular weight excluding hydrogens is 240 g/mol. The van der Waals surface area contributed by atoms with E-state index < -0.39 is 0 Å². The molecule has 0 amide bonds. The van der Waals surface area contributed by atoms with Gasteiger partial charge in [-0.1, -0.05) is 12.1 Å². The Morgan fingerprint density at radius 2 is 1.95 bits per heavy atom. The first-order chi connectivity index (χ1) is 9.34. The van der Waals surface area contributed by atoms with Gasteiger partial charge in [-0.3, -0.25) is 9.25 Å². The second kappa shape index (κ2) is 3.61. The highest BCUT2D eigenvalue weighted by atomic mass is 15.3. The monoisotopic (exact) mass is 250 g/mol. The molecule has 19 heavy (non-hydrogen) atoms. The molecule has 0 aliphatic carbocycles. The zero-order valence-electron chi connectivity index (χ0n) is 10.2. The summed E-state index contributed by atoms with van der Waals surface area (Å²) < 4.78 is 3.70. The number of fused-ring (bicyclic) bond motifs is 2. The highest BCUT2D eigenvalue weighted by Crippen LogP contribution is 2.21. The number of imidazole rings is 1. The van der Waals surface area contributed by atoms with E-state index in [1.807, 2.05) is 35.9 Å². The van der Waals surface area contributed by atoms with Gasteiger partial charge in [-0.2, -0.15) is 5.10 Å². The number of aryl methyl sites for hydroxylation is 1. The Morgan fingerprint density at radius 1 is 1.05 bits per heavy atom. The van der Waals surface area contributed by atoms with Crippen LogP contribution in [-0.2, 0) is 7.05 Å². The molecule has 4 rings (SSSR count). The van der Waals surface area contributed by atoms with Crippen LogP contribution in [0.5, 0.6) is 0 Å². The molecule has 3 aromatic heterocycles. The molecule has 0 saturated heterocycles. The van der Waals surface area contributed by atoms with Crippen LogP contribution in [0.4, 0.5) is 0 Å². The third-order valence-corrected chi connectivity index (χ3v) is 3.19. The number of nitrogens with zero attached hydrogens (tertiary/aromatic N) is 6. The summed E-state index contributed by atoms with van der Waals surface area (Å²) in [6, 6.07) is 7.96. The third-order valence-electron chi connectivity index (χ3n) is 3.19. The van der Waals surface area contributed by atoms with E-state index in [1.54, 1.807) is 23.5 Å². The summed E-state index contributed by atoms with van der Waals surface area (Å²) in [5, 5.41) is 5.14. The van der Waals surface area contributed by atoms with E-state index in [1.165, 1.54) is 0 Å². The van der Waals surface area contributed by atoms with Crippen LogP contribution in [0.1, 0.15) is 0 Å². The summed E-state index contributed by atoms with van der Waals surface area (Å²) in [4.78, 5) is 13.0. The van der Waals surface area contributed by atoms with Gasteiger partial charge >= 0.3 is 0 Å². The molecule has 1 aromatic carbocycles. The number of para-hydroxylation sites is 2. The van der Waals surface area contributed by atoms with E-state index in [0.29, 0.717) is 0 Å². The van der Waals surface area contributed by atoms with Gasteiger partial charge in [-0.25, -0.2) is 15.0 Å². The first kappa shape index (κ1) is 10.2. The summed E-state index contributed by atoms with van der Waals surface area (Å²) in [6.07, 6.45) is 5.10. The number of aromatic nitrogens is 6. The second-order valence-corrected chi connectivity index (χ2v) is 4.31. The van der Waals surface area contributed by atoms with Crippen LogP contribution in [0.2, 0.25) is 0 Å². The van der Waals surface area contributed by atoms with E-state index in [9.17, 15) is 0 Å². The van der Waals surface area contributed by atoms with Crippen LogP contribution in [-0.4, -0.2) is 29.3 Å². The number of benzene rings is 1. The van der Waals surface area contributed by atoms with Crippen LogP contribution in [0.3, 0.4) is 0 Å². The highest BCUT2D eigenvalue weighted by Gasteiger charge is 2.11. The van der Waals surface area contributed by atoms with Crippen LogP contribution in [0, 0.1) is 0 Å². The average molecular weight is 250 g/mol.